The summed E-state index contributed by atoms with van der Waals surface area (Å²) in [5.41, 5.74) is 3.73. The van der Waals surface area contributed by atoms with Crippen LogP contribution in [-0.4, -0.2) is 24.0 Å². The molecule has 5 heteroatoms. The van der Waals surface area contributed by atoms with Gasteiger partial charge in [-0.15, -0.1) is 11.3 Å². The molecule has 0 bridgehead atoms. The molecule has 0 amide bonds. The predicted molar refractivity (Wildman–Crippen MR) is 104 cm³/mol. The van der Waals surface area contributed by atoms with Gasteiger partial charge >= 0.3 is 0 Å². The summed E-state index contributed by atoms with van der Waals surface area (Å²) >= 11 is 1.80. The van der Waals surface area contributed by atoms with Crippen LogP contribution in [0.2, 0.25) is 0 Å². The molecule has 1 heterocycles. The van der Waals surface area contributed by atoms with Gasteiger partial charge in [0.2, 0.25) is 0 Å². The largest absolute Gasteiger partial charge is 0.357 e. The minimum Gasteiger partial charge on any atom is -0.357 e. The van der Waals surface area contributed by atoms with E-state index in [9.17, 15) is 0 Å². The van der Waals surface area contributed by atoms with Gasteiger partial charge in [0.05, 0.1) is 17.2 Å². The van der Waals surface area contributed by atoms with Crippen molar-refractivity contribution in [2.75, 3.05) is 13.1 Å². The predicted octanol–water partition coefficient (Wildman–Crippen LogP) is 3.62. The van der Waals surface area contributed by atoms with Gasteiger partial charge in [-0.25, -0.2) is 9.98 Å². The van der Waals surface area contributed by atoms with E-state index in [4.69, 9.17) is 4.98 Å². The standard InChI is InChI=1S/C19H28N4S/c1-5-17-15(4)24-18(23-17)10-11-21-19(20-6-2)22-13-16-9-7-8-14(3)12-16/h7-9,12H,5-6,10-11,13H2,1-4H3,(H2,20,21,22). The highest BCUT2D eigenvalue weighted by Gasteiger charge is 2.06. The fourth-order valence-electron chi connectivity index (χ4n) is 2.53. The van der Waals surface area contributed by atoms with Crippen LogP contribution in [0.25, 0.3) is 0 Å². The lowest BCUT2D eigenvalue weighted by Crippen LogP contribution is -2.38. The van der Waals surface area contributed by atoms with Crippen LogP contribution in [0.3, 0.4) is 0 Å². The second kappa shape index (κ2) is 9.42. The molecule has 4 nitrogen and oxygen atoms in total. The van der Waals surface area contributed by atoms with Crippen molar-refractivity contribution in [1.82, 2.24) is 15.6 Å². The summed E-state index contributed by atoms with van der Waals surface area (Å²) in [4.78, 5) is 10.7. The van der Waals surface area contributed by atoms with Gasteiger partial charge in [0, 0.05) is 24.4 Å². The Morgan fingerprint density at radius 1 is 1.21 bits per heavy atom. The maximum Gasteiger partial charge on any atom is 0.191 e. The highest BCUT2D eigenvalue weighted by atomic mass is 32.1. The summed E-state index contributed by atoms with van der Waals surface area (Å²) in [6.07, 6.45) is 1.94. The molecule has 130 valence electrons. The molecule has 0 unspecified atom stereocenters. The number of nitrogens with zero attached hydrogens (tertiary/aromatic N) is 2. The molecular weight excluding hydrogens is 316 g/mol. The molecule has 0 radical (unpaired) electrons. The first-order valence-corrected chi connectivity index (χ1v) is 9.47. The number of aliphatic imine (C=N–C) groups is 1. The molecule has 0 saturated carbocycles. The Balaban J connectivity index is 1.89. The molecule has 0 atom stereocenters. The number of aryl methyl sites for hydroxylation is 3. The lowest BCUT2D eigenvalue weighted by Gasteiger charge is -2.10. The molecule has 0 aliphatic heterocycles. The maximum absolute atomic E-state index is 4.69. The van der Waals surface area contributed by atoms with Crippen LogP contribution >= 0.6 is 11.3 Å². The lowest BCUT2D eigenvalue weighted by atomic mass is 10.1. The van der Waals surface area contributed by atoms with Crippen molar-refractivity contribution in [3.05, 3.63) is 51.0 Å². The van der Waals surface area contributed by atoms with Crippen molar-refractivity contribution in [2.45, 2.75) is 47.1 Å². The van der Waals surface area contributed by atoms with E-state index in [0.29, 0.717) is 6.54 Å². The minimum absolute atomic E-state index is 0.688. The molecule has 0 fully saturated rings. The van der Waals surface area contributed by atoms with Gasteiger partial charge in [0.15, 0.2) is 5.96 Å². The summed E-state index contributed by atoms with van der Waals surface area (Å²) < 4.78 is 0. The molecule has 24 heavy (non-hydrogen) atoms. The summed E-state index contributed by atoms with van der Waals surface area (Å²) in [6, 6.07) is 8.48. The van der Waals surface area contributed by atoms with Crippen LogP contribution in [0.5, 0.6) is 0 Å². The first-order chi connectivity index (χ1) is 11.6. The fourth-order valence-corrected chi connectivity index (χ4v) is 3.55. The van der Waals surface area contributed by atoms with Crippen LogP contribution in [-0.2, 0) is 19.4 Å². The molecule has 1 aromatic carbocycles. The van der Waals surface area contributed by atoms with Gasteiger partial charge in [-0.1, -0.05) is 36.8 Å². The van der Waals surface area contributed by atoms with E-state index in [1.165, 1.54) is 26.7 Å². The van der Waals surface area contributed by atoms with E-state index in [1.54, 1.807) is 11.3 Å². The number of benzene rings is 1. The molecular formula is C19H28N4S. The number of hydrogen-bond donors (Lipinski definition) is 2. The van der Waals surface area contributed by atoms with Gasteiger partial charge in [0.1, 0.15) is 0 Å². The van der Waals surface area contributed by atoms with Crippen molar-refractivity contribution >= 4 is 17.3 Å². The molecule has 0 aliphatic rings. The molecule has 2 rings (SSSR count). The first kappa shape index (κ1) is 18.5. The zero-order valence-corrected chi connectivity index (χ0v) is 16.0. The third kappa shape index (κ3) is 5.64. The monoisotopic (exact) mass is 344 g/mol. The molecule has 0 aliphatic carbocycles. The zero-order chi connectivity index (χ0) is 17.4. The molecule has 2 aromatic rings. The average molecular weight is 345 g/mol. The quantitative estimate of drug-likeness (QED) is 0.596. The fraction of sp³-hybridized carbons (Fsp3) is 0.474. The minimum atomic E-state index is 0.688. The van der Waals surface area contributed by atoms with Crippen molar-refractivity contribution in [2.24, 2.45) is 4.99 Å². The molecule has 2 N–H and O–H groups in total. The van der Waals surface area contributed by atoms with Crippen LogP contribution in [0.4, 0.5) is 0 Å². The second-order valence-corrected chi connectivity index (χ2v) is 7.11. The van der Waals surface area contributed by atoms with Gasteiger partial charge < -0.3 is 10.6 Å². The Kier molecular flexibility index (Phi) is 7.25. The van der Waals surface area contributed by atoms with Crippen molar-refractivity contribution in [1.29, 1.82) is 0 Å². The summed E-state index contributed by atoms with van der Waals surface area (Å²) in [5.74, 6) is 0.864. The normalized spacial score (nSPS) is 11.6. The van der Waals surface area contributed by atoms with Crippen molar-refractivity contribution in [3.8, 4) is 0 Å². The highest BCUT2D eigenvalue weighted by molar-refractivity contribution is 7.11. The Morgan fingerprint density at radius 2 is 2.04 bits per heavy atom. The highest BCUT2D eigenvalue weighted by Crippen LogP contribution is 2.17. The van der Waals surface area contributed by atoms with E-state index < -0.39 is 0 Å². The number of hydrogen-bond acceptors (Lipinski definition) is 3. The van der Waals surface area contributed by atoms with Crippen LogP contribution in [0.1, 0.15) is 40.6 Å². The van der Waals surface area contributed by atoms with Gasteiger partial charge in [-0.05, 0) is 32.8 Å². The summed E-state index contributed by atoms with van der Waals surface area (Å²) in [7, 11) is 0. The van der Waals surface area contributed by atoms with Crippen molar-refractivity contribution in [3.63, 3.8) is 0 Å². The van der Waals surface area contributed by atoms with Gasteiger partial charge in [-0.2, -0.15) is 0 Å². The summed E-state index contributed by atoms with van der Waals surface area (Å²) in [6.45, 7) is 10.9. The number of thiazole rings is 1. The number of guanidine groups is 1. The first-order valence-electron chi connectivity index (χ1n) is 8.65. The Hall–Kier alpha value is -1.88. The van der Waals surface area contributed by atoms with E-state index >= 15 is 0 Å². The Bertz CT molecular complexity index is 676. The van der Waals surface area contributed by atoms with E-state index in [2.05, 4.69) is 67.6 Å². The molecule has 1 aromatic heterocycles. The van der Waals surface area contributed by atoms with Gasteiger partial charge in [-0.3, -0.25) is 0 Å². The van der Waals surface area contributed by atoms with Crippen LogP contribution in [0, 0.1) is 13.8 Å². The number of rotatable bonds is 7. The van der Waals surface area contributed by atoms with Crippen molar-refractivity contribution < 1.29 is 0 Å². The zero-order valence-electron chi connectivity index (χ0n) is 15.1. The number of aromatic nitrogens is 1. The Labute approximate surface area is 149 Å². The third-order valence-corrected chi connectivity index (χ3v) is 4.82. The second-order valence-electron chi connectivity index (χ2n) is 5.83. The van der Waals surface area contributed by atoms with Gasteiger partial charge in [0.25, 0.3) is 0 Å². The lowest BCUT2D eigenvalue weighted by molar-refractivity contribution is 0.794. The Morgan fingerprint density at radius 3 is 2.71 bits per heavy atom. The molecule has 0 spiro atoms. The SMILES string of the molecule is CCNC(=NCc1cccc(C)c1)NCCc1nc(CC)c(C)s1. The number of nitrogens with one attached hydrogen (secondary N) is 2. The average Bonchev–Trinajstić information content (AvgIpc) is 2.92. The third-order valence-electron chi connectivity index (χ3n) is 3.75. The van der Waals surface area contributed by atoms with E-state index in [0.717, 1.165) is 31.9 Å². The van der Waals surface area contributed by atoms with Crippen LogP contribution < -0.4 is 10.6 Å². The van der Waals surface area contributed by atoms with Crippen LogP contribution in [0.15, 0.2) is 29.3 Å². The molecule has 0 saturated heterocycles. The van der Waals surface area contributed by atoms with E-state index in [1.807, 2.05) is 0 Å². The topological polar surface area (TPSA) is 49.3 Å². The maximum atomic E-state index is 4.69. The summed E-state index contributed by atoms with van der Waals surface area (Å²) in [5, 5.41) is 7.91. The van der Waals surface area contributed by atoms with E-state index in [-0.39, 0.29) is 0 Å². The smallest absolute Gasteiger partial charge is 0.191 e.